The summed E-state index contributed by atoms with van der Waals surface area (Å²) in [5, 5.41) is 0. The molecule has 4 rings (SSSR count). The van der Waals surface area contributed by atoms with E-state index < -0.39 is 5.41 Å². The van der Waals surface area contributed by atoms with Gasteiger partial charge in [-0.15, -0.1) is 0 Å². The molecule has 0 spiro atoms. The predicted octanol–water partition coefficient (Wildman–Crippen LogP) is 3.87. The van der Waals surface area contributed by atoms with Crippen LogP contribution >= 0.6 is 0 Å². The van der Waals surface area contributed by atoms with Crippen LogP contribution in [-0.2, 0) is 19.1 Å². The Balaban J connectivity index is 1.81. The van der Waals surface area contributed by atoms with E-state index in [0.717, 1.165) is 38.5 Å². The zero-order valence-electron chi connectivity index (χ0n) is 15.1. The van der Waals surface area contributed by atoms with Crippen LogP contribution in [0.3, 0.4) is 0 Å². The maximum atomic E-state index is 12.6. The van der Waals surface area contributed by atoms with E-state index in [1.807, 2.05) is 20.8 Å². The van der Waals surface area contributed by atoms with Crippen LogP contribution < -0.4 is 0 Å². The Morgan fingerprint density at radius 3 is 2.13 bits per heavy atom. The van der Waals surface area contributed by atoms with Crippen LogP contribution in [0.5, 0.6) is 0 Å². The molecule has 0 heterocycles. The molecular formula is C19H30O4. The monoisotopic (exact) mass is 322 g/mol. The summed E-state index contributed by atoms with van der Waals surface area (Å²) in [5.74, 6) is 0.966. The first kappa shape index (κ1) is 16.8. The largest absolute Gasteiger partial charge is 0.459 e. The molecule has 0 aromatic heterocycles. The highest BCUT2D eigenvalue weighted by atomic mass is 16.6. The van der Waals surface area contributed by atoms with Gasteiger partial charge in [0.05, 0.1) is 5.41 Å². The average Bonchev–Trinajstić information content (AvgIpc) is 2.43. The second-order valence-electron chi connectivity index (χ2n) is 8.93. The highest BCUT2D eigenvalue weighted by Crippen LogP contribution is 2.62. The van der Waals surface area contributed by atoms with Crippen LogP contribution in [0.15, 0.2) is 0 Å². The minimum Gasteiger partial charge on any atom is -0.459 e. The third-order valence-electron chi connectivity index (χ3n) is 6.86. The third-order valence-corrected chi connectivity index (χ3v) is 6.86. The molecule has 0 radical (unpaired) electrons. The summed E-state index contributed by atoms with van der Waals surface area (Å²) >= 11 is 0. The lowest BCUT2D eigenvalue weighted by Crippen LogP contribution is -2.64. The van der Waals surface area contributed by atoms with Gasteiger partial charge in [-0.05, 0) is 65.2 Å². The lowest BCUT2D eigenvalue weighted by atomic mass is 9.48. The van der Waals surface area contributed by atoms with Gasteiger partial charge in [-0.2, -0.15) is 0 Å². The maximum Gasteiger partial charge on any atom is 0.312 e. The molecule has 2 atom stereocenters. The number of esters is 2. The van der Waals surface area contributed by atoms with Crippen LogP contribution in [0, 0.1) is 23.2 Å². The van der Waals surface area contributed by atoms with Gasteiger partial charge in [0.25, 0.3) is 0 Å². The molecule has 2 unspecified atom stereocenters. The average molecular weight is 322 g/mol. The van der Waals surface area contributed by atoms with E-state index in [4.69, 9.17) is 9.47 Å². The van der Waals surface area contributed by atoms with Crippen LogP contribution in [-0.4, -0.2) is 23.1 Å². The van der Waals surface area contributed by atoms with Gasteiger partial charge in [0, 0.05) is 18.8 Å². The van der Waals surface area contributed by atoms with E-state index in [1.54, 1.807) is 0 Å². The van der Waals surface area contributed by atoms with Crippen molar-refractivity contribution in [1.82, 2.24) is 0 Å². The molecule has 23 heavy (non-hydrogen) atoms. The Kier molecular flexibility index (Phi) is 3.81. The second kappa shape index (κ2) is 5.22. The summed E-state index contributed by atoms with van der Waals surface area (Å²) in [5.41, 5.74) is -1.12. The first-order chi connectivity index (χ1) is 10.6. The Labute approximate surface area is 139 Å². The van der Waals surface area contributed by atoms with Gasteiger partial charge < -0.3 is 9.47 Å². The zero-order chi connectivity index (χ0) is 17.0. The molecule has 4 heteroatoms. The van der Waals surface area contributed by atoms with Crippen molar-refractivity contribution >= 4 is 11.9 Å². The summed E-state index contributed by atoms with van der Waals surface area (Å²) < 4.78 is 11.9. The Hall–Kier alpha value is -1.06. The molecule has 0 aromatic rings. The van der Waals surface area contributed by atoms with Crippen molar-refractivity contribution in [3.05, 3.63) is 0 Å². The molecular weight excluding hydrogens is 292 g/mol. The Bertz CT molecular complexity index is 505. The van der Waals surface area contributed by atoms with Crippen molar-refractivity contribution in [1.29, 1.82) is 0 Å². The van der Waals surface area contributed by atoms with Crippen LogP contribution in [0.4, 0.5) is 0 Å². The van der Waals surface area contributed by atoms with Gasteiger partial charge in [-0.1, -0.05) is 6.92 Å². The fourth-order valence-corrected chi connectivity index (χ4v) is 5.20. The topological polar surface area (TPSA) is 52.6 Å². The Morgan fingerprint density at radius 2 is 1.65 bits per heavy atom. The zero-order valence-corrected chi connectivity index (χ0v) is 15.1. The summed E-state index contributed by atoms with van der Waals surface area (Å²) in [7, 11) is 0. The minimum atomic E-state index is -0.428. The van der Waals surface area contributed by atoms with E-state index in [0.29, 0.717) is 17.8 Å². The molecule has 0 amide bonds. The van der Waals surface area contributed by atoms with Crippen molar-refractivity contribution in [2.45, 2.75) is 84.3 Å². The third kappa shape index (κ3) is 2.68. The molecule has 130 valence electrons. The van der Waals surface area contributed by atoms with E-state index >= 15 is 0 Å². The van der Waals surface area contributed by atoms with Gasteiger partial charge in [-0.3, -0.25) is 9.59 Å². The van der Waals surface area contributed by atoms with Gasteiger partial charge in [0.2, 0.25) is 0 Å². The minimum absolute atomic E-state index is 0.0730. The molecule has 0 saturated heterocycles. The predicted molar refractivity (Wildman–Crippen MR) is 86.6 cm³/mol. The lowest BCUT2D eigenvalue weighted by molar-refractivity contribution is -0.246. The van der Waals surface area contributed by atoms with Crippen molar-refractivity contribution in [3.63, 3.8) is 0 Å². The van der Waals surface area contributed by atoms with Crippen LogP contribution in [0.1, 0.15) is 73.1 Å². The highest BCUT2D eigenvalue weighted by molar-refractivity contribution is 5.76. The van der Waals surface area contributed by atoms with E-state index in [2.05, 4.69) is 6.92 Å². The SMILES string of the molecule is CCC(C)(C)C(=O)OC12CC3CC(C1)C(C)(OC(C)=O)C(C3)C2. The van der Waals surface area contributed by atoms with Crippen molar-refractivity contribution in [3.8, 4) is 0 Å². The Morgan fingerprint density at radius 1 is 1.09 bits per heavy atom. The van der Waals surface area contributed by atoms with Gasteiger partial charge >= 0.3 is 11.9 Å². The molecule has 0 aliphatic heterocycles. The van der Waals surface area contributed by atoms with Crippen molar-refractivity contribution in [2.24, 2.45) is 23.2 Å². The summed E-state index contributed by atoms with van der Waals surface area (Å²) in [6.45, 7) is 9.53. The maximum absolute atomic E-state index is 12.6. The van der Waals surface area contributed by atoms with E-state index in [1.165, 1.54) is 6.92 Å². The first-order valence-electron chi connectivity index (χ1n) is 9.03. The molecule has 0 N–H and O–H groups in total. The number of carbonyl (C=O) groups is 2. The van der Waals surface area contributed by atoms with E-state index in [-0.39, 0.29) is 23.1 Å². The molecule has 4 nitrogen and oxygen atoms in total. The number of rotatable bonds is 4. The van der Waals surface area contributed by atoms with Gasteiger partial charge in [0.1, 0.15) is 11.2 Å². The standard InChI is InChI=1S/C19H30O4/c1-6-17(3,4)16(21)23-19-9-13-7-14(10-19)18(5,22-12(2)20)15(8-13)11-19/h13-15H,6-11H2,1-5H3. The second-order valence-corrected chi connectivity index (χ2v) is 8.93. The number of hydrogen-bond acceptors (Lipinski definition) is 4. The smallest absolute Gasteiger partial charge is 0.312 e. The van der Waals surface area contributed by atoms with Crippen molar-refractivity contribution in [2.75, 3.05) is 0 Å². The molecule has 4 aliphatic carbocycles. The molecule has 4 bridgehead atoms. The number of ether oxygens (including phenoxy) is 2. The van der Waals surface area contributed by atoms with Crippen LogP contribution in [0.25, 0.3) is 0 Å². The molecule has 4 saturated carbocycles. The molecule has 0 aromatic carbocycles. The van der Waals surface area contributed by atoms with E-state index in [9.17, 15) is 9.59 Å². The molecule has 4 fully saturated rings. The highest BCUT2D eigenvalue weighted by Gasteiger charge is 2.63. The van der Waals surface area contributed by atoms with Crippen molar-refractivity contribution < 1.29 is 19.1 Å². The summed E-state index contributed by atoms with van der Waals surface area (Å²) in [6, 6.07) is 0. The normalized spacial score (nSPS) is 41.7. The number of carbonyl (C=O) groups excluding carboxylic acids is 2. The number of hydrogen-bond donors (Lipinski definition) is 0. The summed E-state index contributed by atoms with van der Waals surface area (Å²) in [4.78, 5) is 24.2. The van der Waals surface area contributed by atoms with Gasteiger partial charge in [0.15, 0.2) is 0 Å². The van der Waals surface area contributed by atoms with Gasteiger partial charge in [-0.25, -0.2) is 0 Å². The summed E-state index contributed by atoms with van der Waals surface area (Å²) in [6.07, 6.45) is 5.64. The fraction of sp³-hybridized carbons (Fsp3) is 0.895. The quantitative estimate of drug-likeness (QED) is 0.737. The van der Waals surface area contributed by atoms with Crippen LogP contribution in [0.2, 0.25) is 0 Å². The fourth-order valence-electron chi connectivity index (χ4n) is 5.20. The lowest BCUT2D eigenvalue weighted by Gasteiger charge is -2.62. The molecule has 4 aliphatic rings. The first-order valence-corrected chi connectivity index (χ1v) is 9.03.